The van der Waals surface area contributed by atoms with Crippen molar-refractivity contribution in [2.45, 2.75) is 52.0 Å². The van der Waals surface area contributed by atoms with Gasteiger partial charge in [-0.3, -0.25) is 0 Å². The van der Waals surface area contributed by atoms with E-state index >= 15 is 0 Å². The highest BCUT2D eigenvalue weighted by Gasteiger charge is 2.23. The maximum atomic E-state index is 8.57. The first-order chi connectivity index (χ1) is 8.24. The molecule has 0 aliphatic heterocycles. The van der Waals surface area contributed by atoms with Gasteiger partial charge < -0.3 is 15.2 Å². The summed E-state index contributed by atoms with van der Waals surface area (Å²) < 4.78 is 5.24. The lowest BCUT2D eigenvalue weighted by Crippen LogP contribution is -2.36. The standard InChI is InChI=1S/C14H29NO2/c1-12(2)13-5-3-6-14(11-13)15-7-4-9-17-10-8-16/h12-16H,3-11H2,1-2H3. The molecule has 1 aliphatic carbocycles. The van der Waals surface area contributed by atoms with E-state index < -0.39 is 0 Å². The zero-order valence-electron chi connectivity index (χ0n) is 11.5. The summed E-state index contributed by atoms with van der Waals surface area (Å²) in [7, 11) is 0. The lowest BCUT2D eigenvalue weighted by atomic mass is 9.79. The van der Waals surface area contributed by atoms with Crippen LogP contribution >= 0.6 is 0 Å². The maximum Gasteiger partial charge on any atom is 0.0697 e. The van der Waals surface area contributed by atoms with Gasteiger partial charge in [-0.05, 0) is 37.6 Å². The van der Waals surface area contributed by atoms with E-state index in [1.807, 2.05) is 0 Å². The number of hydrogen-bond acceptors (Lipinski definition) is 3. The number of aliphatic hydroxyl groups excluding tert-OH is 1. The topological polar surface area (TPSA) is 41.5 Å². The number of aliphatic hydroxyl groups is 1. The number of hydrogen-bond donors (Lipinski definition) is 2. The molecule has 0 bridgehead atoms. The van der Waals surface area contributed by atoms with Gasteiger partial charge in [-0.2, -0.15) is 0 Å². The van der Waals surface area contributed by atoms with Gasteiger partial charge in [0.25, 0.3) is 0 Å². The SMILES string of the molecule is CC(C)C1CCCC(NCCCOCCO)C1. The van der Waals surface area contributed by atoms with E-state index in [0.29, 0.717) is 12.6 Å². The molecule has 17 heavy (non-hydrogen) atoms. The molecule has 0 aromatic heterocycles. The Hall–Kier alpha value is -0.120. The van der Waals surface area contributed by atoms with E-state index in [4.69, 9.17) is 9.84 Å². The van der Waals surface area contributed by atoms with Crippen molar-refractivity contribution in [3.05, 3.63) is 0 Å². The van der Waals surface area contributed by atoms with Crippen LogP contribution in [-0.4, -0.2) is 37.5 Å². The van der Waals surface area contributed by atoms with Gasteiger partial charge in [0.15, 0.2) is 0 Å². The van der Waals surface area contributed by atoms with Gasteiger partial charge in [0.05, 0.1) is 13.2 Å². The van der Waals surface area contributed by atoms with Crippen LogP contribution in [0.2, 0.25) is 0 Å². The average Bonchev–Trinajstić information content (AvgIpc) is 2.34. The first kappa shape index (κ1) is 14.9. The second-order valence-electron chi connectivity index (χ2n) is 5.51. The van der Waals surface area contributed by atoms with Crippen molar-refractivity contribution in [2.24, 2.45) is 11.8 Å². The van der Waals surface area contributed by atoms with Gasteiger partial charge >= 0.3 is 0 Å². The van der Waals surface area contributed by atoms with Crippen LogP contribution in [0.15, 0.2) is 0 Å². The highest BCUT2D eigenvalue weighted by molar-refractivity contribution is 4.79. The van der Waals surface area contributed by atoms with E-state index in [0.717, 1.165) is 31.4 Å². The van der Waals surface area contributed by atoms with Crippen LogP contribution in [0, 0.1) is 11.8 Å². The Morgan fingerprint density at radius 3 is 2.82 bits per heavy atom. The molecule has 1 rings (SSSR count). The average molecular weight is 243 g/mol. The molecule has 0 saturated heterocycles. The molecular formula is C14H29NO2. The van der Waals surface area contributed by atoms with Crippen LogP contribution in [-0.2, 0) is 4.74 Å². The molecule has 0 aromatic carbocycles. The lowest BCUT2D eigenvalue weighted by Gasteiger charge is -2.32. The van der Waals surface area contributed by atoms with Gasteiger partial charge in [0, 0.05) is 12.6 Å². The molecule has 0 radical (unpaired) electrons. The fourth-order valence-electron chi connectivity index (χ4n) is 2.67. The zero-order chi connectivity index (χ0) is 12.5. The third-order valence-corrected chi connectivity index (χ3v) is 3.79. The van der Waals surface area contributed by atoms with Crippen LogP contribution in [0.5, 0.6) is 0 Å². The predicted octanol–water partition coefficient (Wildman–Crippen LogP) is 2.19. The van der Waals surface area contributed by atoms with Gasteiger partial charge in [0.1, 0.15) is 0 Å². The summed E-state index contributed by atoms with van der Waals surface area (Å²) in [6, 6.07) is 0.717. The maximum absolute atomic E-state index is 8.57. The second-order valence-corrected chi connectivity index (χ2v) is 5.51. The number of nitrogens with one attached hydrogen (secondary N) is 1. The first-order valence-electron chi connectivity index (χ1n) is 7.16. The Balaban J connectivity index is 2.02. The summed E-state index contributed by atoms with van der Waals surface area (Å²) in [5, 5.41) is 12.2. The van der Waals surface area contributed by atoms with Gasteiger partial charge in [0.2, 0.25) is 0 Å². The van der Waals surface area contributed by atoms with Crippen LogP contribution in [0.3, 0.4) is 0 Å². The first-order valence-corrected chi connectivity index (χ1v) is 7.16. The fraction of sp³-hybridized carbons (Fsp3) is 1.00. The third-order valence-electron chi connectivity index (χ3n) is 3.79. The van der Waals surface area contributed by atoms with Crippen LogP contribution in [0.25, 0.3) is 0 Å². The molecule has 2 unspecified atom stereocenters. The van der Waals surface area contributed by atoms with E-state index in [2.05, 4.69) is 19.2 Å². The van der Waals surface area contributed by atoms with Crippen molar-refractivity contribution < 1.29 is 9.84 Å². The highest BCUT2D eigenvalue weighted by atomic mass is 16.5. The number of rotatable bonds is 8. The van der Waals surface area contributed by atoms with Crippen molar-refractivity contribution in [3.8, 4) is 0 Å². The molecule has 0 aromatic rings. The smallest absolute Gasteiger partial charge is 0.0697 e. The molecule has 0 heterocycles. The van der Waals surface area contributed by atoms with E-state index in [-0.39, 0.29) is 6.61 Å². The van der Waals surface area contributed by atoms with E-state index in [1.54, 1.807) is 0 Å². The van der Waals surface area contributed by atoms with Crippen molar-refractivity contribution in [1.29, 1.82) is 0 Å². The Morgan fingerprint density at radius 1 is 1.29 bits per heavy atom. The summed E-state index contributed by atoms with van der Waals surface area (Å²) in [6.07, 6.45) is 6.51. The van der Waals surface area contributed by atoms with Crippen molar-refractivity contribution in [3.63, 3.8) is 0 Å². The predicted molar refractivity (Wildman–Crippen MR) is 71.1 cm³/mol. The molecule has 1 fully saturated rings. The summed E-state index contributed by atoms with van der Waals surface area (Å²) >= 11 is 0. The fourth-order valence-corrected chi connectivity index (χ4v) is 2.67. The van der Waals surface area contributed by atoms with Crippen molar-refractivity contribution >= 4 is 0 Å². The van der Waals surface area contributed by atoms with Crippen molar-refractivity contribution in [2.75, 3.05) is 26.4 Å². The van der Waals surface area contributed by atoms with Crippen molar-refractivity contribution in [1.82, 2.24) is 5.32 Å². The summed E-state index contributed by atoms with van der Waals surface area (Å²) in [6.45, 7) is 7.09. The Morgan fingerprint density at radius 2 is 2.12 bits per heavy atom. The minimum Gasteiger partial charge on any atom is -0.394 e. The molecule has 0 amide bonds. The molecule has 3 nitrogen and oxygen atoms in total. The molecule has 2 N–H and O–H groups in total. The van der Waals surface area contributed by atoms with Gasteiger partial charge in [-0.15, -0.1) is 0 Å². The molecular weight excluding hydrogens is 214 g/mol. The van der Waals surface area contributed by atoms with E-state index in [9.17, 15) is 0 Å². The van der Waals surface area contributed by atoms with Gasteiger partial charge in [-0.1, -0.05) is 26.7 Å². The normalized spacial score (nSPS) is 25.4. The highest BCUT2D eigenvalue weighted by Crippen LogP contribution is 2.29. The minimum atomic E-state index is 0.131. The molecule has 1 saturated carbocycles. The molecule has 1 aliphatic rings. The summed E-state index contributed by atoms with van der Waals surface area (Å²) in [5.41, 5.74) is 0. The minimum absolute atomic E-state index is 0.131. The molecule has 0 spiro atoms. The van der Waals surface area contributed by atoms with Gasteiger partial charge in [-0.25, -0.2) is 0 Å². The Kier molecular flexibility index (Phi) is 7.82. The zero-order valence-corrected chi connectivity index (χ0v) is 11.5. The Labute approximate surface area is 106 Å². The third kappa shape index (κ3) is 6.39. The second kappa shape index (κ2) is 8.90. The molecule has 2 atom stereocenters. The monoisotopic (exact) mass is 243 g/mol. The van der Waals surface area contributed by atoms with Crippen LogP contribution < -0.4 is 5.32 Å². The van der Waals surface area contributed by atoms with Crippen LogP contribution in [0.1, 0.15) is 46.0 Å². The molecule has 3 heteroatoms. The summed E-state index contributed by atoms with van der Waals surface area (Å²) in [5.74, 6) is 1.74. The lowest BCUT2D eigenvalue weighted by molar-refractivity contribution is 0.0898. The largest absolute Gasteiger partial charge is 0.394 e. The Bertz CT molecular complexity index is 185. The quantitative estimate of drug-likeness (QED) is 0.642. The molecule has 102 valence electrons. The van der Waals surface area contributed by atoms with E-state index in [1.165, 1.54) is 25.7 Å². The van der Waals surface area contributed by atoms with Crippen LogP contribution in [0.4, 0.5) is 0 Å². The number of ether oxygens (including phenoxy) is 1. The summed E-state index contributed by atoms with van der Waals surface area (Å²) in [4.78, 5) is 0.